The molecule has 1 rings (SSSR count). The first-order valence-electron chi connectivity index (χ1n) is 2.94. The fraction of sp³-hybridized carbons (Fsp3) is 0. The molecule has 1 N–H and O–H groups in total. The lowest BCUT2D eigenvalue weighted by atomic mass is 10.3. The SMILES string of the molecule is O=C(O)C=Cc1csc(Cl)c1Cl. The molecule has 0 atom stereocenters. The summed E-state index contributed by atoms with van der Waals surface area (Å²) in [4.78, 5) is 10.1. The number of halogens is 2. The molecule has 0 saturated heterocycles. The summed E-state index contributed by atoms with van der Waals surface area (Å²) in [6.45, 7) is 0. The molecular formula is C7H4Cl2O2S. The number of hydrogen-bond acceptors (Lipinski definition) is 2. The number of hydrogen-bond donors (Lipinski definition) is 1. The smallest absolute Gasteiger partial charge is 0.328 e. The third-order valence-corrected chi connectivity index (χ3v) is 2.98. The number of rotatable bonds is 2. The van der Waals surface area contributed by atoms with Gasteiger partial charge >= 0.3 is 5.97 Å². The molecule has 1 aromatic heterocycles. The maximum atomic E-state index is 10.1. The summed E-state index contributed by atoms with van der Waals surface area (Å²) in [6.07, 6.45) is 2.43. The van der Waals surface area contributed by atoms with Gasteiger partial charge < -0.3 is 5.11 Å². The molecule has 0 radical (unpaired) electrons. The number of aliphatic carboxylic acids is 1. The zero-order valence-electron chi connectivity index (χ0n) is 5.75. The van der Waals surface area contributed by atoms with Gasteiger partial charge in [0.15, 0.2) is 0 Å². The summed E-state index contributed by atoms with van der Waals surface area (Å²) in [5, 5.41) is 10.4. The lowest BCUT2D eigenvalue weighted by molar-refractivity contribution is -0.131. The second kappa shape index (κ2) is 3.94. The van der Waals surface area contributed by atoms with Crippen molar-refractivity contribution in [1.82, 2.24) is 0 Å². The van der Waals surface area contributed by atoms with E-state index < -0.39 is 5.97 Å². The van der Waals surface area contributed by atoms with Crippen LogP contribution < -0.4 is 0 Å². The lowest BCUT2D eigenvalue weighted by Crippen LogP contribution is -1.84. The van der Waals surface area contributed by atoms with Crippen molar-refractivity contribution in [2.45, 2.75) is 0 Å². The van der Waals surface area contributed by atoms with Crippen LogP contribution in [0.3, 0.4) is 0 Å². The van der Waals surface area contributed by atoms with Gasteiger partial charge in [0, 0.05) is 17.0 Å². The van der Waals surface area contributed by atoms with E-state index in [4.69, 9.17) is 28.3 Å². The van der Waals surface area contributed by atoms with Crippen LogP contribution >= 0.6 is 34.5 Å². The first-order valence-corrected chi connectivity index (χ1v) is 4.58. The van der Waals surface area contributed by atoms with Crippen LogP contribution in [0.5, 0.6) is 0 Å². The maximum Gasteiger partial charge on any atom is 0.328 e. The normalized spacial score (nSPS) is 10.8. The molecule has 0 spiro atoms. The molecule has 2 nitrogen and oxygen atoms in total. The van der Waals surface area contributed by atoms with Crippen molar-refractivity contribution in [1.29, 1.82) is 0 Å². The number of thiophene rings is 1. The Labute approximate surface area is 83.0 Å². The van der Waals surface area contributed by atoms with Crippen LogP contribution in [0.15, 0.2) is 11.5 Å². The monoisotopic (exact) mass is 222 g/mol. The zero-order valence-corrected chi connectivity index (χ0v) is 8.08. The van der Waals surface area contributed by atoms with Gasteiger partial charge in [0.05, 0.1) is 5.02 Å². The van der Waals surface area contributed by atoms with Crippen molar-refractivity contribution in [3.63, 3.8) is 0 Å². The van der Waals surface area contributed by atoms with Crippen molar-refractivity contribution in [2.75, 3.05) is 0 Å². The van der Waals surface area contributed by atoms with E-state index in [1.165, 1.54) is 17.4 Å². The highest BCUT2D eigenvalue weighted by Gasteiger charge is 2.04. The van der Waals surface area contributed by atoms with Crippen molar-refractivity contribution in [2.24, 2.45) is 0 Å². The first-order chi connectivity index (χ1) is 5.61. The number of carbonyl (C=O) groups is 1. The number of carboxylic acids is 1. The lowest BCUT2D eigenvalue weighted by Gasteiger charge is -1.86. The van der Waals surface area contributed by atoms with Crippen LogP contribution in [0.2, 0.25) is 9.36 Å². The Morgan fingerprint density at radius 3 is 2.67 bits per heavy atom. The minimum absolute atomic E-state index is 0.402. The van der Waals surface area contributed by atoms with Crippen molar-refractivity contribution in [3.8, 4) is 0 Å². The van der Waals surface area contributed by atoms with Crippen LogP contribution in [0.1, 0.15) is 5.56 Å². The van der Waals surface area contributed by atoms with Crippen LogP contribution in [-0.2, 0) is 4.79 Å². The second-order valence-electron chi connectivity index (χ2n) is 1.95. The molecule has 0 unspecified atom stereocenters. The summed E-state index contributed by atoms with van der Waals surface area (Å²) >= 11 is 12.6. The van der Waals surface area contributed by atoms with Gasteiger partial charge in [0.25, 0.3) is 0 Å². The summed E-state index contributed by atoms with van der Waals surface area (Å²) in [6, 6.07) is 0. The minimum Gasteiger partial charge on any atom is -0.478 e. The molecule has 5 heteroatoms. The maximum absolute atomic E-state index is 10.1. The average molecular weight is 223 g/mol. The molecule has 0 fully saturated rings. The van der Waals surface area contributed by atoms with E-state index in [2.05, 4.69) is 0 Å². The van der Waals surface area contributed by atoms with Crippen molar-refractivity contribution >= 4 is 46.6 Å². The molecule has 64 valence electrons. The standard InChI is InChI=1S/C7H4Cl2O2S/c8-6-4(1-2-5(10)11)3-12-7(6)9/h1-3H,(H,10,11). The summed E-state index contributed by atoms with van der Waals surface area (Å²) in [5.41, 5.74) is 0.633. The molecule has 0 aliphatic carbocycles. The molecule has 1 heterocycles. The van der Waals surface area contributed by atoms with E-state index in [1.807, 2.05) is 0 Å². The fourth-order valence-electron chi connectivity index (χ4n) is 0.606. The van der Waals surface area contributed by atoms with Gasteiger partial charge in [-0.2, -0.15) is 0 Å². The van der Waals surface area contributed by atoms with Gasteiger partial charge in [-0.1, -0.05) is 23.2 Å². The Morgan fingerprint density at radius 1 is 1.58 bits per heavy atom. The summed E-state index contributed by atoms with van der Waals surface area (Å²) in [5.74, 6) is -1.01. The van der Waals surface area contributed by atoms with Crippen molar-refractivity contribution < 1.29 is 9.90 Å². The highest BCUT2D eigenvalue weighted by Crippen LogP contribution is 2.32. The second-order valence-corrected chi connectivity index (χ2v) is 3.81. The predicted octanol–water partition coefficient (Wildman–Crippen LogP) is 3.15. The first kappa shape index (κ1) is 9.58. The minimum atomic E-state index is -1.01. The Hall–Kier alpha value is -0.510. The molecule has 0 saturated carbocycles. The summed E-state index contributed by atoms with van der Waals surface area (Å²) in [7, 11) is 0. The van der Waals surface area contributed by atoms with Gasteiger partial charge in [0.2, 0.25) is 0 Å². The summed E-state index contributed by atoms with van der Waals surface area (Å²) < 4.78 is 0.474. The van der Waals surface area contributed by atoms with Gasteiger partial charge in [-0.15, -0.1) is 11.3 Å². The zero-order chi connectivity index (χ0) is 9.14. The van der Waals surface area contributed by atoms with E-state index >= 15 is 0 Å². The van der Waals surface area contributed by atoms with E-state index in [0.29, 0.717) is 14.9 Å². The topological polar surface area (TPSA) is 37.3 Å². The molecule has 1 aromatic rings. The van der Waals surface area contributed by atoms with E-state index in [0.717, 1.165) is 6.08 Å². The Morgan fingerprint density at radius 2 is 2.25 bits per heavy atom. The molecule has 0 bridgehead atoms. The van der Waals surface area contributed by atoms with Crippen LogP contribution in [0.25, 0.3) is 6.08 Å². The van der Waals surface area contributed by atoms with Gasteiger partial charge in [-0.3, -0.25) is 0 Å². The van der Waals surface area contributed by atoms with Gasteiger partial charge in [-0.05, 0) is 6.08 Å². The quantitative estimate of drug-likeness (QED) is 0.782. The number of carboxylic acid groups (broad SMARTS) is 1. The van der Waals surface area contributed by atoms with Gasteiger partial charge in [-0.25, -0.2) is 4.79 Å². The van der Waals surface area contributed by atoms with Gasteiger partial charge in [0.1, 0.15) is 4.34 Å². The molecular weight excluding hydrogens is 219 g/mol. The van der Waals surface area contributed by atoms with E-state index in [9.17, 15) is 4.79 Å². The predicted molar refractivity (Wildman–Crippen MR) is 51.0 cm³/mol. The Bertz CT molecular complexity index is 330. The highest BCUT2D eigenvalue weighted by atomic mass is 35.5. The van der Waals surface area contributed by atoms with Crippen LogP contribution in [0, 0.1) is 0 Å². The Kier molecular flexibility index (Phi) is 3.14. The highest BCUT2D eigenvalue weighted by molar-refractivity contribution is 7.15. The molecule has 0 aliphatic heterocycles. The fourth-order valence-corrected chi connectivity index (χ4v) is 1.81. The van der Waals surface area contributed by atoms with Crippen molar-refractivity contribution in [3.05, 3.63) is 26.4 Å². The Balaban J connectivity index is 2.90. The molecule has 0 aliphatic rings. The molecule has 0 aromatic carbocycles. The van der Waals surface area contributed by atoms with E-state index in [1.54, 1.807) is 5.38 Å². The third-order valence-electron chi connectivity index (χ3n) is 1.12. The molecule has 0 amide bonds. The van der Waals surface area contributed by atoms with Crippen LogP contribution in [-0.4, -0.2) is 11.1 Å². The van der Waals surface area contributed by atoms with E-state index in [-0.39, 0.29) is 0 Å². The average Bonchev–Trinajstić information content (AvgIpc) is 2.30. The molecule has 12 heavy (non-hydrogen) atoms. The third kappa shape index (κ3) is 2.24. The van der Waals surface area contributed by atoms with Crippen LogP contribution in [0.4, 0.5) is 0 Å². The largest absolute Gasteiger partial charge is 0.478 e.